The number of aromatic nitrogens is 1. The van der Waals surface area contributed by atoms with E-state index < -0.39 is 0 Å². The molecule has 0 atom stereocenters. The van der Waals surface area contributed by atoms with Crippen LogP contribution in [0.4, 0.5) is 0 Å². The van der Waals surface area contributed by atoms with E-state index in [0.29, 0.717) is 19.8 Å². The molecule has 2 aromatic rings. The lowest BCUT2D eigenvalue weighted by Crippen LogP contribution is -2.02. The molecule has 0 aliphatic heterocycles. The van der Waals surface area contributed by atoms with Gasteiger partial charge in [0.25, 0.3) is 0 Å². The summed E-state index contributed by atoms with van der Waals surface area (Å²) in [4.78, 5) is 5.52. The Morgan fingerprint density at radius 1 is 1.35 bits per heavy atom. The van der Waals surface area contributed by atoms with Crippen LogP contribution in [0, 0.1) is 6.92 Å². The Kier molecular flexibility index (Phi) is 5.52. The summed E-state index contributed by atoms with van der Waals surface area (Å²) < 4.78 is 11.0. The monoisotopic (exact) mass is 292 g/mol. The van der Waals surface area contributed by atoms with Gasteiger partial charge in [-0.15, -0.1) is 11.3 Å². The van der Waals surface area contributed by atoms with Crippen LogP contribution in [-0.4, -0.2) is 18.7 Å². The molecular weight excluding hydrogens is 272 g/mol. The summed E-state index contributed by atoms with van der Waals surface area (Å²) in [6.07, 6.45) is 0.911. The Morgan fingerprint density at radius 3 is 2.85 bits per heavy atom. The van der Waals surface area contributed by atoms with Gasteiger partial charge in [-0.1, -0.05) is 12.1 Å². The highest BCUT2D eigenvalue weighted by Crippen LogP contribution is 2.20. The van der Waals surface area contributed by atoms with Gasteiger partial charge in [0.1, 0.15) is 5.75 Å². The minimum atomic E-state index is 0.481. The third kappa shape index (κ3) is 3.79. The highest BCUT2D eigenvalue weighted by atomic mass is 32.1. The van der Waals surface area contributed by atoms with Crippen LogP contribution >= 0.6 is 11.3 Å². The smallest absolute Gasteiger partial charge is 0.123 e. The Labute approximate surface area is 123 Å². The zero-order chi connectivity index (χ0) is 14.4. The number of rotatable bonds is 7. The van der Waals surface area contributed by atoms with Crippen LogP contribution in [0.2, 0.25) is 0 Å². The van der Waals surface area contributed by atoms with E-state index in [4.69, 9.17) is 15.2 Å². The van der Waals surface area contributed by atoms with Crippen molar-refractivity contribution in [2.45, 2.75) is 26.5 Å². The number of methoxy groups -OCH3 is 1. The van der Waals surface area contributed by atoms with Crippen molar-refractivity contribution < 1.29 is 9.47 Å². The van der Waals surface area contributed by atoms with Crippen LogP contribution in [0.25, 0.3) is 0 Å². The van der Waals surface area contributed by atoms with E-state index in [1.807, 2.05) is 30.6 Å². The molecule has 0 fully saturated rings. The molecule has 108 valence electrons. The highest BCUT2D eigenvalue weighted by molar-refractivity contribution is 7.09. The summed E-state index contributed by atoms with van der Waals surface area (Å²) in [7, 11) is 1.66. The van der Waals surface area contributed by atoms with E-state index in [1.54, 1.807) is 18.4 Å². The van der Waals surface area contributed by atoms with Crippen LogP contribution < -0.4 is 10.5 Å². The Hall–Kier alpha value is -1.43. The van der Waals surface area contributed by atoms with Crippen molar-refractivity contribution in [2.24, 2.45) is 5.73 Å². The normalized spacial score (nSPS) is 10.8. The molecule has 1 aromatic heterocycles. The lowest BCUT2D eigenvalue weighted by molar-refractivity contribution is 0.124. The number of ether oxygens (including phenoxy) is 2. The number of nitrogens with zero attached hydrogens (tertiary/aromatic N) is 1. The maximum Gasteiger partial charge on any atom is 0.123 e. The molecule has 0 spiro atoms. The molecule has 0 aliphatic carbocycles. The summed E-state index contributed by atoms with van der Waals surface area (Å²) in [5, 5.41) is 0. The molecule has 20 heavy (non-hydrogen) atoms. The van der Waals surface area contributed by atoms with Crippen LogP contribution in [0.1, 0.15) is 21.7 Å². The van der Waals surface area contributed by atoms with Crippen LogP contribution in [0.5, 0.6) is 5.75 Å². The Morgan fingerprint density at radius 2 is 2.20 bits per heavy atom. The first kappa shape index (κ1) is 15.0. The molecule has 4 nitrogen and oxygen atoms in total. The van der Waals surface area contributed by atoms with Gasteiger partial charge in [0.15, 0.2) is 0 Å². The lowest BCUT2D eigenvalue weighted by atomic mass is 10.1. The molecular formula is C15H20N2O2S. The van der Waals surface area contributed by atoms with Gasteiger partial charge in [0.2, 0.25) is 0 Å². The fourth-order valence-electron chi connectivity index (χ4n) is 1.97. The second-order valence-corrected chi connectivity index (χ2v) is 5.45. The molecule has 0 unspecified atom stereocenters. The summed E-state index contributed by atoms with van der Waals surface area (Å²) in [5.74, 6) is 0.826. The van der Waals surface area contributed by atoms with Crippen molar-refractivity contribution in [1.82, 2.24) is 4.98 Å². The number of hydrogen-bond donors (Lipinski definition) is 1. The number of nitrogens with two attached hydrogens (primary N) is 1. The lowest BCUT2D eigenvalue weighted by Gasteiger charge is -2.09. The van der Waals surface area contributed by atoms with Gasteiger partial charge in [0, 0.05) is 23.4 Å². The third-order valence-electron chi connectivity index (χ3n) is 3.16. The molecule has 2 rings (SSSR count). The van der Waals surface area contributed by atoms with Crippen molar-refractivity contribution in [1.29, 1.82) is 0 Å². The first-order valence-electron chi connectivity index (χ1n) is 6.57. The Bertz CT molecular complexity index is 555. The third-order valence-corrected chi connectivity index (χ3v) is 4.15. The van der Waals surface area contributed by atoms with E-state index in [9.17, 15) is 0 Å². The van der Waals surface area contributed by atoms with Crippen molar-refractivity contribution in [3.05, 3.63) is 45.4 Å². The molecule has 0 saturated carbocycles. The molecule has 5 heteroatoms. The molecule has 0 aliphatic rings. The van der Waals surface area contributed by atoms with Crippen molar-refractivity contribution in [2.75, 3.05) is 13.7 Å². The standard InChI is InChI=1S/C15H20N2O2S/c1-11-15(20-10-17-11)5-6-19-9-12-3-4-13(8-16)14(7-12)18-2/h3-4,7,10H,5-6,8-9,16H2,1-2H3. The van der Waals surface area contributed by atoms with Gasteiger partial charge in [-0.2, -0.15) is 0 Å². The zero-order valence-electron chi connectivity index (χ0n) is 11.9. The summed E-state index contributed by atoms with van der Waals surface area (Å²) in [6.45, 7) is 3.79. The maximum absolute atomic E-state index is 5.71. The maximum atomic E-state index is 5.71. The highest BCUT2D eigenvalue weighted by Gasteiger charge is 2.04. The molecule has 0 bridgehead atoms. The summed E-state index contributed by atoms with van der Waals surface area (Å²) >= 11 is 1.68. The first-order valence-corrected chi connectivity index (χ1v) is 7.45. The molecule has 2 N–H and O–H groups in total. The molecule has 0 radical (unpaired) electrons. The van der Waals surface area contributed by atoms with E-state index in [-0.39, 0.29) is 0 Å². The van der Waals surface area contributed by atoms with Gasteiger partial charge in [-0.25, -0.2) is 4.98 Å². The second-order valence-electron chi connectivity index (χ2n) is 4.51. The van der Waals surface area contributed by atoms with Gasteiger partial charge in [-0.3, -0.25) is 0 Å². The predicted octanol–water partition coefficient (Wildman–Crippen LogP) is 2.68. The van der Waals surface area contributed by atoms with Crippen molar-refractivity contribution in [3.8, 4) is 5.75 Å². The minimum Gasteiger partial charge on any atom is -0.496 e. The van der Waals surface area contributed by atoms with E-state index in [2.05, 4.69) is 4.98 Å². The van der Waals surface area contributed by atoms with E-state index in [0.717, 1.165) is 29.0 Å². The topological polar surface area (TPSA) is 57.4 Å². The number of thiazole rings is 1. The second kappa shape index (κ2) is 7.38. The summed E-state index contributed by atoms with van der Waals surface area (Å²) in [5.41, 5.74) is 10.7. The van der Waals surface area contributed by atoms with Crippen LogP contribution in [0.15, 0.2) is 23.7 Å². The molecule has 1 heterocycles. The molecule has 0 amide bonds. The van der Waals surface area contributed by atoms with Gasteiger partial charge >= 0.3 is 0 Å². The van der Waals surface area contributed by atoms with Crippen LogP contribution in [0.3, 0.4) is 0 Å². The SMILES string of the molecule is COc1cc(COCCc2scnc2C)ccc1CN. The Balaban J connectivity index is 1.83. The minimum absolute atomic E-state index is 0.481. The summed E-state index contributed by atoms with van der Waals surface area (Å²) in [6, 6.07) is 6.01. The quantitative estimate of drug-likeness (QED) is 0.797. The van der Waals surface area contributed by atoms with E-state index in [1.165, 1.54) is 4.88 Å². The number of benzene rings is 1. The number of aryl methyl sites for hydroxylation is 1. The van der Waals surface area contributed by atoms with Crippen molar-refractivity contribution >= 4 is 11.3 Å². The van der Waals surface area contributed by atoms with E-state index >= 15 is 0 Å². The fraction of sp³-hybridized carbons (Fsp3) is 0.400. The fourth-order valence-corrected chi connectivity index (χ4v) is 2.73. The van der Waals surface area contributed by atoms with Crippen molar-refractivity contribution in [3.63, 3.8) is 0 Å². The number of hydrogen-bond acceptors (Lipinski definition) is 5. The molecule has 1 aromatic carbocycles. The first-order chi connectivity index (χ1) is 9.74. The van der Waals surface area contributed by atoms with Gasteiger partial charge in [0.05, 0.1) is 31.5 Å². The van der Waals surface area contributed by atoms with Crippen LogP contribution in [-0.2, 0) is 24.3 Å². The largest absolute Gasteiger partial charge is 0.496 e. The zero-order valence-corrected chi connectivity index (χ0v) is 12.7. The average Bonchev–Trinajstić information content (AvgIpc) is 2.88. The average molecular weight is 292 g/mol. The van der Waals surface area contributed by atoms with Gasteiger partial charge < -0.3 is 15.2 Å². The van der Waals surface area contributed by atoms with Gasteiger partial charge in [-0.05, 0) is 18.6 Å². The predicted molar refractivity (Wildman–Crippen MR) is 81.1 cm³/mol. The molecule has 0 saturated heterocycles.